The van der Waals surface area contributed by atoms with Crippen LogP contribution in [-0.4, -0.2) is 9.97 Å². The van der Waals surface area contributed by atoms with Crippen molar-refractivity contribution in [3.63, 3.8) is 0 Å². The van der Waals surface area contributed by atoms with Crippen molar-refractivity contribution < 1.29 is 0 Å². The second kappa shape index (κ2) is 9.00. The summed E-state index contributed by atoms with van der Waals surface area (Å²) >= 11 is 0. The number of fused-ring (bicyclic) bond motifs is 1. The van der Waals surface area contributed by atoms with Gasteiger partial charge in [-0.3, -0.25) is 0 Å². The first-order valence-corrected chi connectivity index (χ1v) is 10.7. The topological polar surface area (TPSA) is 63.8 Å². The van der Waals surface area contributed by atoms with Crippen molar-refractivity contribution in [2.24, 2.45) is 5.73 Å². The second-order valence-electron chi connectivity index (χ2n) is 7.72. The van der Waals surface area contributed by atoms with Crippen LogP contribution in [0.1, 0.15) is 11.1 Å². The number of rotatable bonds is 6. The Morgan fingerprint density at radius 2 is 1.44 bits per heavy atom. The van der Waals surface area contributed by atoms with Gasteiger partial charge in [-0.15, -0.1) is 0 Å². The van der Waals surface area contributed by atoms with E-state index in [9.17, 15) is 0 Å². The monoisotopic (exact) mass is 416 g/mol. The molecule has 156 valence electrons. The zero-order valence-corrected chi connectivity index (χ0v) is 17.7. The van der Waals surface area contributed by atoms with Crippen molar-refractivity contribution in [2.45, 2.75) is 13.1 Å². The lowest BCUT2D eigenvalue weighted by molar-refractivity contribution is 1.07. The van der Waals surface area contributed by atoms with E-state index < -0.39 is 0 Å². The number of hydrogen-bond acceptors (Lipinski definition) is 4. The molecule has 3 aromatic carbocycles. The third-order valence-electron chi connectivity index (χ3n) is 5.59. The molecule has 3 N–H and O–H groups in total. The van der Waals surface area contributed by atoms with Crippen LogP contribution in [0.25, 0.3) is 33.3 Å². The third-order valence-corrected chi connectivity index (χ3v) is 5.59. The van der Waals surface area contributed by atoms with Gasteiger partial charge < -0.3 is 11.1 Å². The highest BCUT2D eigenvalue weighted by molar-refractivity contribution is 5.96. The summed E-state index contributed by atoms with van der Waals surface area (Å²) < 4.78 is 0. The summed E-state index contributed by atoms with van der Waals surface area (Å²) in [5.41, 5.74) is 13.2. The maximum Gasteiger partial charge on any atom is 0.135 e. The molecule has 0 aliphatic carbocycles. The van der Waals surface area contributed by atoms with Gasteiger partial charge in [0.15, 0.2) is 0 Å². The van der Waals surface area contributed by atoms with E-state index in [0.717, 1.165) is 44.7 Å². The van der Waals surface area contributed by atoms with Crippen molar-refractivity contribution in [3.8, 4) is 22.4 Å². The fourth-order valence-corrected chi connectivity index (χ4v) is 3.88. The highest BCUT2D eigenvalue weighted by Gasteiger charge is 2.14. The van der Waals surface area contributed by atoms with Crippen LogP contribution in [0.15, 0.2) is 103 Å². The number of pyridine rings is 2. The molecule has 0 saturated carbocycles. The summed E-state index contributed by atoms with van der Waals surface area (Å²) in [6.07, 6.45) is 1.81. The normalized spacial score (nSPS) is 10.9. The summed E-state index contributed by atoms with van der Waals surface area (Å²) in [5.74, 6) is 0.834. The lowest BCUT2D eigenvalue weighted by atomic mass is 9.97. The predicted molar refractivity (Wildman–Crippen MR) is 132 cm³/mol. The first kappa shape index (κ1) is 19.9. The van der Waals surface area contributed by atoms with E-state index in [1.54, 1.807) is 0 Å². The van der Waals surface area contributed by atoms with Crippen LogP contribution >= 0.6 is 0 Å². The molecule has 5 aromatic rings. The van der Waals surface area contributed by atoms with Crippen LogP contribution in [0.3, 0.4) is 0 Å². The fourth-order valence-electron chi connectivity index (χ4n) is 3.88. The van der Waals surface area contributed by atoms with E-state index in [0.29, 0.717) is 13.1 Å². The minimum Gasteiger partial charge on any atom is -0.365 e. The summed E-state index contributed by atoms with van der Waals surface area (Å²) in [4.78, 5) is 9.70. The molecule has 0 unspecified atom stereocenters. The number of nitrogens with two attached hydrogens (primary N) is 1. The third kappa shape index (κ3) is 4.09. The SMILES string of the molecule is NCc1ccc(-c2nc3ccnc(NCc4ccccc4)c3cc2-c2ccccc2)cc1. The average Bonchev–Trinajstić information content (AvgIpc) is 2.88. The van der Waals surface area contributed by atoms with Crippen LogP contribution < -0.4 is 11.1 Å². The predicted octanol–water partition coefficient (Wildman–Crippen LogP) is 6.03. The average molecular weight is 417 g/mol. The van der Waals surface area contributed by atoms with Gasteiger partial charge in [0.2, 0.25) is 0 Å². The minimum atomic E-state index is 0.527. The molecule has 4 nitrogen and oxygen atoms in total. The molecule has 0 atom stereocenters. The van der Waals surface area contributed by atoms with E-state index in [2.05, 4.69) is 77.0 Å². The van der Waals surface area contributed by atoms with Gasteiger partial charge in [-0.2, -0.15) is 0 Å². The van der Waals surface area contributed by atoms with Crippen molar-refractivity contribution >= 4 is 16.7 Å². The smallest absolute Gasteiger partial charge is 0.135 e. The molecular weight excluding hydrogens is 392 g/mol. The second-order valence-corrected chi connectivity index (χ2v) is 7.72. The number of nitrogens with one attached hydrogen (secondary N) is 1. The summed E-state index contributed by atoms with van der Waals surface area (Å²) in [7, 11) is 0. The Balaban J connectivity index is 1.63. The zero-order chi connectivity index (χ0) is 21.8. The molecule has 2 heterocycles. The minimum absolute atomic E-state index is 0.527. The summed E-state index contributed by atoms with van der Waals surface area (Å²) in [5, 5.41) is 4.50. The number of hydrogen-bond donors (Lipinski definition) is 2. The maximum atomic E-state index is 5.79. The Hall–Kier alpha value is -4.02. The van der Waals surface area contributed by atoms with Crippen LogP contribution in [0.2, 0.25) is 0 Å². The number of aromatic nitrogens is 2. The zero-order valence-electron chi connectivity index (χ0n) is 17.7. The summed E-state index contributed by atoms with van der Waals surface area (Å²) in [6, 6.07) is 33.2. The molecule has 0 spiro atoms. The molecule has 0 bridgehead atoms. The molecule has 2 aromatic heterocycles. The highest BCUT2D eigenvalue weighted by Crippen LogP contribution is 2.35. The maximum absolute atomic E-state index is 5.79. The van der Waals surface area contributed by atoms with Crippen molar-refractivity contribution in [1.82, 2.24) is 9.97 Å². The van der Waals surface area contributed by atoms with Crippen LogP contribution in [0, 0.1) is 0 Å². The van der Waals surface area contributed by atoms with Gasteiger partial charge in [0.25, 0.3) is 0 Å². The molecule has 0 radical (unpaired) electrons. The Kier molecular flexibility index (Phi) is 5.60. The van der Waals surface area contributed by atoms with E-state index >= 15 is 0 Å². The number of anilines is 1. The standard InChI is InChI=1S/C28H24N4/c29-18-20-11-13-23(14-12-20)27-24(22-9-5-2-6-10-22)17-25-26(32-27)15-16-30-28(25)31-19-21-7-3-1-4-8-21/h1-17H,18-19,29H2,(H,30,31). The molecule has 5 rings (SSSR count). The molecule has 0 aliphatic heterocycles. The first-order chi connectivity index (χ1) is 15.8. The van der Waals surface area contributed by atoms with Crippen LogP contribution in [-0.2, 0) is 13.1 Å². The Morgan fingerprint density at radius 1 is 0.719 bits per heavy atom. The summed E-state index contributed by atoms with van der Waals surface area (Å²) in [6.45, 7) is 1.23. The van der Waals surface area contributed by atoms with Crippen LogP contribution in [0.5, 0.6) is 0 Å². The Bertz CT molecular complexity index is 1330. The van der Waals surface area contributed by atoms with Crippen molar-refractivity contribution in [1.29, 1.82) is 0 Å². The largest absolute Gasteiger partial charge is 0.365 e. The molecule has 0 amide bonds. The van der Waals surface area contributed by atoms with Gasteiger partial charge in [0, 0.05) is 35.8 Å². The molecule has 0 fully saturated rings. The molecular formula is C28H24N4. The van der Waals surface area contributed by atoms with Gasteiger partial charge in [-0.05, 0) is 28.8 Å². The van der Waals surface area contributed by atoms with Crippen LogP contribution in [0.4, 0.5) is 5.82 Å². The van der Waals surface area contributed by atoms with Gasteiger partial charge in [-0.1, -0.05) is 84.9 Å². The van der Waals surface area contributed by atoms with E-state index in [4.69, 9.17) is 10.7 Å². The lowest BCUT2D eigenvalue weighted by Crippen LogP contribution is -2.03. The van der Waals surface area contributed by atoms with Gasteiger partial charge in [-0.25, -0.2) is 9.97 Å². The van der Waals surface area contributed by atoms with Gasteiger partial charge in [0.1, 0.15) is 5.82 Å². The number of nitrogens with zero attached hydrogens (tertiary/aromatic N) is 2. The Labute approximate surface area is 187 Å². The fraction of sp³-hybridized carbons (Fsp3) is 0.0714. The van der Waals surface area contributed by atoms with Gasteiger partial charge in [0.05, 0.1) is 11.2 Å². The number of benzene rings is 3. The highest BCUT2D eigenvalue weighted by atomic mass is 15.0. The van der Waals surface area contributed by atoms with E-state index in [1.165, 1.54) is 5.56 Å². The molecule has 4 heteroatoms. The lowest BCUT2D eigenvalue weighted by Gasteiger charge is -2.14. The Morgan fingerprint density at radius 3 is 2.16 bits per heavy atom. The first-order valence-electron chi connectivity index (χ1n) is 10.7. The van der Waals surface area contributed by atoms with Crippen molar-refractivity contribution in [2.75, 3.05) is 5.32 Å². The van der Waals surface area contributed by atoms with E-state index in [1.807, 2.05) is 36.5 Å². The van der Waals surface area contributed by atoms with E-state index in [-0.39, 0.29) is 0 Å². The van der Waals surface area contributed by atoms with Crippen molar-refractivity contribution in [3.05, 3.63) is 114 Å². The quantitative estimate of drug-likeness (QED) is 0.354. The van der Waals surface area contributed by atoms with Gasteiger partial charge >= 0.3 is 0 Å². The molecule has 32 heavy (non-hydrogen) atoms. The molecule has 0 saturated heterocycles. The molecule has 0 aliphatic rings.